The summed E-state index contributed by atoms with van der Waals surface area (Å²) >= 11 is 0. The van der Waals surface area contributed by atoms with Crippen molar-refractivity contribution < 1.29 is 59.5 Å². The summed E-state index contributed by atoms with van der Waals surface area (Å²) < 4.78 is 22.7. The van der Waals surface area contributed by atoms with Crippen LogP contribution < -0.4 is 27.8 Å². The van der Waals surface area contributed by atoms with Crippen molar-refractivity contribution >= 4 is 5.91 Å². The maximum Gasteiger partial charge on any atom is 0.250 e. The quantitative estimate of drug-likeness (QED) is 0.123. The molecule has 3 rings (SSSR count). The van der Waals surface area contributed by atoms with E-state index in [4.69, 9.17) is 36.1 Å². The Labute approximate surface area is 225 Å². The zero-order valence-corrected chi connectivity index (χ0v) is 21.8. The molecule has 0 aromatic rings. The molecule has 0 aromatic heterocycles. The first-order chi connectivity index (χ1) is 18.3. The molecule has 3 fully saturated rings. The minimum atomic E-state index is -1.72. The number of hydrogen-bond donors (Lipinski definition) is 12. The maximum absolute atomic E-state index is 12.4. The second-order valence-electron chi connectivity index (χ2n) is 10.5. The Hall–Kier alpha value is -1.13. The Kier molecular flexibility index (Phi) is 11.0. The fourth-order valence-electron chi connectivity index (χ4n) is 5.22. The average Bonchev–Trinajstić information content (AvgIpc) is 2.89. The van der Waals surface area contributed by atoms with Gasteiger partial charge < -0.3 is 82.5 Å². The Bertz CT molecular complexity index is 811. The highest BCUT2D eigenvalue weighted by Gasteiger charge is 2.53. The molecule has 15 N–H and O–H groups in total. The molecule has 3 aliphatic rings. The lowest BCUT2D eigenvalue weighted by molar-refractivity contribution is -0.330. The average molecular weight is 570 g/mol. The molecule has 14 unspecified atom stereocenters. The van der Waals surface area contributed by atoms with Gasteiger partial charge in [-0.05, 0) is 20.4 Å². The number of amides is 1. The van der Waals surface area contributed by atoms with Gasteiger partial charge in [0.25, 0.3) is 0 Å². The number of hydrogen-bond acceptors (Lipinski definition) is 16. The summed E-state index contributed by atoms with van der Waals surface area (Å²) in [5, 5.41) is 78.5. The van der Waals surface area contributed by atoms with Gasteiger partial charge in [0.15, 0.2) is 12.6 Å². The summed E-state index contributed by atoms with van der Waals surface area (Å²) in [4.78, 5) is 12.4. The first kappa shape index (κ1) is 32.4. The van der Waals surface area contributed by atoms with Crippen LogP contribution in [0.2, 0.25) is 0 Å². The fraction of sp³-hybridized carbons (Fsp3) is 0.955. The van der Waals surface area contributed by atoms with Gasteiger partial charge in [-0.15, -0.1) is 0 Å². The van der Waals surface area contributed by atoms with Gasteiger partial charge in [-0.1, -0.05) is 0 Å². The highest BCUT2D eigenvalue weighted by molar-refractivity contribution is 5.81. The van der Waals surface area contributed by atoms with Crippen molar-refractivity contribution in [1.29, 1.82) is 0 Å². The summed E-state index contributed by atoms with van der Waals surface area (Å²) in [6.45, 7) is 0.634. The van der Waals surface area contributed by atoms with Gasteiger partial charge in [-0.3, -0.25) is 4.79 Å². The standard InChI is InChI=1S/C22H43N5O12/c1-22(35)6-36-20(15(33)18(22)26-2)39-17-8(27-19(34)9(28)4-23)3-7(25)16(14(17)32)38-21-13(31)12(30)11(29)10(5-24)37-21/h7-18,20-21,26,28-33,35H,3-6,23-25H2,1-2H3,(H,27,34)/t7?,8?,9-,10?,11?,12?,13?,14?,15?,16?,17?,18?,20?,21?,22?/m1/s1. The van der Waals surface area contributed by atoms with Crippen LogP contribution in [-0.4, -0.2) is 160 Å². The van der Waals surface area contributed by atoms with Crippen molar-refractivity contribution in [2.24, 2.45) is 17.2 Å². The molecular formula is C22H43N5O12. The van der Waals surface area contributed by atoms with Crippen LogP contribution in [0, 0.1) is 0 Å². The number of ether oxygens (including phenoxy) is 4. The van der Waals surface area contributed by atoms with E-state index in [2.05, 4.69) is 10.6 Å². The number of carbonyl (C=O) groups is 1. The predicted octanol–water partition coefficient (Wildman–Crippen LogP) is -7.52. The molecule has 17 nitrogen and oxygen atoms in total. The van der Waals surface area contributed by atoms with Gasteiger partial charge in [0.05, 0.1) is 18.7 Å². The van der Waals surface area contributed by atoms with Crippen LogP contribution in [0.5, 0.6) is 0 Å². The van der Waals surface area contributed by atoms with Crippen LogP contribution in [0.4, 0.5) is 0 Å². The SMILES string of the molecule is CNC1C(O)C(OC2C(NC(=O)[C@H](O)CN)CC(N)C(OC3OC(CN)C(O)C(O)C3O)C2O)OCC1(C)O. The number of likely N-dealkylation sites (N-methyl/N-ethyl adjacent to an activating group) is 1. The van der Waals surface area contributed by atoms with Crippen molar-refractivity contribution in [3.05, 3.63) is 0 Å². The van der Waals surface area contributed by atoms with Gasteiger partial charge in [0, 0.05) is 19.1 Å². The molecule has 0 aromatic carbocycles. The van der Waals surface area contributed by atoms with Crippen molar-refractivity contribution in [2.45, 2.75) is 105 Å². The van der Waals surface area contributed by atoms with Crippen LogP contribution in [0.15, 0.2) is 0 Å². The van der Waals surface area contributed by atoms with Gasteiger partial charge in [-0.2, -0.15) is 0 Å². The first-order valence-corrected chi connectivity index (χ1v) is 12.8. The zero-order valence-electron chi connectivity index (χ0n) is 21.8. The highest BCUT2D eigenvalue weighted by atomic mass is 16.7. The molecule has 0 spiro atoms. The van der Waals surface area contributed by atoms with Gasteiger partial charge in [-0.25, -0.2) is 0 Å². The summed E-state index contributed by atoms with van der Waals surface area (Å²) in [7, 11) is 1.52. The van der Waals surface area contributed by atoms with Crippen molar-refractivity contribution in [3.63, 3.8) is 0 Å². The second-order valence-corrected chi connectivity index (χ2v) is 10.5. The topological polar surface area (TPSA) is 298 Å². The predicted molar refractivity (Wildman–Crippen MR) is 130 cm³/mol. The Balaban J connectivity index is 1.84. The largest absolute Gasteiger partial charge is 0.388 e. The van der Waals surface area contributed by atoms with E-state index in [0.717, 1.165) is 0 Å². The van der Waals surface area contributed by atoms with E-state index in [1.165, 1.54) is 14.0 Å². The Morgan fingerprint density at radius 3 is 2.26 bits per heavy atom. The van der Waals surface area contributed by atoms with Crippen molar-refractivity contribution in [3.8, 4) is 0 Å². The molecule has 15 atom stereocenters. The maximum atomic E-state index is 12.4. The summed E-state index contributed by atoms with van der Waals surface area (Å²) in [5.74, 6) is -0.857. The third-order valence-corrected chi connectivity index (χ3v) is 7.50. The summed E-state index contributed by atoms with van der Waals surface area (Å²) in [6.07, 6.45) is -16.3. The van der Waals surface area contributed by atoms with Crippen LogP contribution >= 0.6 is 0 Å². The van der Waals surface area contributed by atoms with Crippen LogP contribution in [0.3, 0.4) is 0 Å². The minimum Gasteiger partial charge on any atom is -0.388 e. The van der Waals surface area contributed by atoms with Crippen molar-refractivity contribution in [1.82, 2.24) is 10.6 Å². The van der Waals surface area contributed by atoms with Crippen LogP contribution in [0.1, 0.15) is 13.3 Å². The summed E-state index contributed by atoms with van der Waals surface area (Å²) in [5.41, 5.74) is 15.8. The smallest absolute Gasteiger partial charge is 0.250 e. The van der Waals surface area contributed by atoms with E-state index >= 15 is 0 Å². The lowest BCUT2D eigenvalue weighted by Crippen LogP contribution is -2.70. The Morgan fingerprint density at radius 1 is 1.03 bits per heavy atom. The monoisotopic (exact) mass is 569 g/mol. The van der Waals surface area contributed by atoms with E-state index < -0.39 is 97.1 Å². The Morgan fingerprint density at radius 2 is 1.67 bits per heavy atom. The highest BCUT2D eigenvalue weighted by Crippen LogP contribution is 2.32. The normalized spacial score (nSPS) is 47.9. The molecular weight excluding hydrogens is 526 g/mol. The number of aliphatic hydroxyl groups is 7. The summed E-state index contributed by atoms with van der Waals surface area (Å²) in [6, 6.07) is -2.92. The van der Waals surface area contributed by atoms with Gasteiger partial charge in [0.1, 0.15) is 60.5 Å². The molecule has 0 radical (unpaired) electrons. The number of nitrogens with one attached hydrogen (secondary N) is 2. The van der Waals surface area contributed by atoms with Gasteiger partial charge in [0.2, 0.25) is 5.91 Å². The fourth-order valence-corrected chi connectivity index (χ4v) is 5.22. The number of aliphatic hydroxyl groups excluding tert-OH is 6. The molecule has 2 saturated heterocycles. The molecule has 39 heavy (non-hydrogen) atoms. The lowest BCUT2D eigenvalue weighted by atomic mass is 9.83. The second kappa shape index (κ2) is 13.2. The van der Waals surface area contributed by atoms with Crippen LogP contribution in [-0.2, 0) is 23.7 Å². The number of rotatable bonds is 9. The number of nitrogens with two attached hydrogens (primary N) is 3. The first-order valence-electron chi connectivity index (χ1n) is 12.8. The van der Waals surface area contributed by atoms with E-state index in [-0.39, 0.29) is 26.1 Å². The third kappa shape index (κ3) is 6.85. The minimum absolute atomic E-state index is 0.0836. The molecule has 228 valence electrons. The van der Waals surface area contributed by atoms with E-state index in [1.54, 1.807) is 0 Å². The van der Waals surface area contributed by atoms with E-state index in [0.29, 0.717) is 0 Å². The van der Waals surface area contributed by atoms with Crippen molar-refractivity contribution in [2.75, 3.05) is 26.7 Å². The number of carbonyl (C=O) groups excluding carboxylic acids is 1. The third-order valence-electron chi connectivity index (χ3n) is 7.50. The molecule has 1 saturated carbocycles. The molecule has 17 heteroatoms. The molecule has 1 aliphatic carbocycles. The molecule has 2 heterocycles. The lowest BCUT2D eigenvalue weighted by Gasteiger charge is -2.49. The molecule has 0 bridgehead atoms. The van der Waals surface area contributed by atoms with Crippen LogP contribution in [0.25, 0.3) is 0 Å². The zero-order chi connectivity index (χ0) is 29.2. The molecule has 2 aliphatic heterocycles. The van der Waals surface area contributed by atoms with E-state index in [1.807, 2.05) is 0 Å². The van der Waals surface area contributed by atoms with E-state index in [9.17, 15) is 40.5 Å². The van der Waals surface area contributed by atoms with Gasteiger partial charge >= 0.3 is 0 Å². The molecule has 1 amide bonds.